The van der Waals surface area contributed by atoms with E-state index in [0.29, 0.717) is 11.0 Å². The van der Waals surface area contributed by atoms with Crippen molar-refractivity contribution in [1.82, 2.24) is 14.7 Å². The maximum atomic E-state index is 12.2. The van der Waals surface area contributed by atoms with Crippen LogP contribution in [-0.2, 0) is 4.79 Å². The zero-order valence-corrected chi connectivity index (χ0v) is 10.4. The molecule has 0 radical (unpaired) electrons. The summed E-state index contributed by atoms with van der Waals surface area (Å²) in [6, 6.07) is 0. The van der Waals surface area contributed by atoms with E-state index in [1.807, 2.05) is 6.92 Å². The second-order valence-electron chi connectivity index (χ2n) is 4.16. The number of carbonyl (C=O) groups is 1. The van der Waals surface area contributed by atoms with Crippen molar-refractivity contribution in [2.45, 2.75) is 26.7 Å². The molecule has 0 bridgehead atoms. The number of amides is 1. The van der Waals surface area contributed by atoms with Gasteiger partial charge < -0.3 is 10.6 Å². The highest BCUT2D eigenvalue weighted by molar-refractivity contribution is 7.09. The van der Waals surface area contributed by atoms with Gasteiger partial charge in [-0.2, -0.15) is 4.37 Å². The molecule has 0 aliphatic carbocycles. The van der Waals surface area contributed by atoms with Crippen molar-refractivity contribution in [3.05, 3.63) is 5.82 Å². The number of anilines is 1. The molecule has 0 spiro atoms. The first-order valence-electron chi connectivity index (χ1n) is 5.49. The number of aryl methyl sites for hydroxylation is 1. The Morgan fingerprint density at radius 3 is 3.00 bits per heavy atom. The van der Waals surface area contributed by atoms with Crippen LogP contribution < -0.4 is 10.6 Å². The van der Waals surface area contributed by atoms with Gasteiger partial charge in [-0.3, -0.25) is 4.79 Å². The second kappa shape index (κ2) is 4.47. The lowest BCUT2D eigenvalue weighted by Crippen LogP contribution is -2.37. The van der Waals surface area contributed by atoms with Crippen molar-refractivity contribution in [2.75, 3.05) is 18.4 Å². The van der Waals surface area contributed by atoms with Gasteiger partial charge in [0.2, 0.25) is 11.0 Å². The highest BCUT2D eigenvalue weighted by atomic mass is 32.1. The fourth-order valence-electron chi connectivity index (χ4n) is 1.98. The van der Waals surface area contributed by atoms with Crippen molar-refractivity contribution < 1.29 is 4.79 Å². The predicted molar refractivity (Wildman–Crippen MR) is 63.5 cm³/mol. The molecule has 1 aromatic heterocycles. The molecular weight excluding hydrogens is 224 g/mol. The fourth-order valence-corrected chi connectivity index (χ4v) is 2.55. The number of rotatable bonds is 3. The van der Waals surface area contributed by atoms with Gasteiger partial charge in [-0.1, -0.05) is 6.92 Å². The van der Waals surface area contributed by atoms with Gasteiger partial charge in [0.1, 0.15) is 5.82 Å². The topological polar surface area (TPSA) is 66.9 Å². The summed E-state index contributed by atoms with van der Waals surface area (Å²) in [4.78, 5) is 16.3. The summed E-state index contributed by atoms with van der Waals surface area (Å²) in [5.74, 6) is 0.770. The van der Waals surface area contributed by atoms with E-state index in [1.54, 1.807) is 0 Å². The molecule has 2 heterocycles. The minimum atomic E-state index is -0.264. The Kier molecular flexibility index (Phi) is 3.20. The zero-order valence-electron chi connectivity index (χ0n) is 9.54. The molecule has 1 aromatic rings. The standard InChI is InChI=1S/C10H16N4OS/c1-3-10(4-5-11-6-10)8(15)13-9-12-7(2)14-16-9/h11H,3-6H2,1-2H3,(H,12,13,14,15). The van der Waals surface area contributed by atoms with Crippen LogP contribution in [0.4, 0.5) is 5.13 Å². The summed E-state index contributed by atoms with van der Waals surface area (Å²) in [5.41, 5.74) is -0.264. The fraction of sp³-hybridized carbons (Fsp3) is 0.700. The summed E-state index contributed by atoms with van der Waals surface area (Å²) in [6.07, 6.45) is 1.75. The van der Waals surface area contributed by atoms with Crippen molar-refractivity contribution in [3.63, 3.8) is 0 Å². The Bertz CT molecular complexity index is 384. The highest BCUT2D eigenvalue weighted by Gasteiger charge is 2.39. The molecule has 5 nitrogen and oxygen atoms in total. The van der Waals surface area contributed by atoms with Crippen LogP contribution in [0.2, 0.25) is 0 Å². The van der Waals surface area contributed by atoms with Crippen LogP contribution in [0.5, 0.6) is 0 Å². The summed E-state index contributed by atoms with van der Waals surface area (Å²) in [6.45, 7) is 5.54. The minimum absolute atomic E-state index is 0.0659. The number of aromatic nitrogens is 2. The number of hydrogen-bond acceptors (Lipinski definition) is 5. The Labute approximate surface area is 98.8 Å². The van der Waals surface area contributed by atoms with Crippen LogP contribution in [0.25, 0.3) is 0 Å². The number of nitrogens with one attached hydrogen (secondary N) is 2. The van der Waals surface area contributed by atoms with E-state index < -0.39 is 0 Å². The lowest BCUT2D eigenvalue weighted by atomic mass is 9.83. The molecule has 1 unspecified atom stereocenters. The van der Waals surface area contributed by atoms with Crippen LogP contribution >= 0.6 is 11.5 Å². The Balaban J connectivity index is 2.07. The largest absolute Gasteiger partial charge is 0.316 e. The van der Waals surface area contributed by atoms with Crippen molar-refractivity contribution in [2.24, 2.45) is 5.41 Å². The Morgan fingerprint density at radius 2 is 2.50 bits per heavy atom. The summed E-state index contributed by atoms with van der Waals surface area (Å²) >= 11 is 1.23. The molecule has 1 amide bonds. The van der Waals surface area contributed by atoms with Gasteiger partial charge >= 0.3 is 0 Å². The maximum absolute atomic E-state index is 12.2. The molecule has 88 valence electrons. The number of hydrogen-bond donors (Lipinski definition) is 2. The Morgan fingerprint density at radius 1 is 1.69 bits per heavy atom. The first-order valence-corrected chi connectivity index (χ1v) is 6.26. The van der Waals surface area contributed by atoms with E-state index >= 15 is 0 Å². The van der Waals surface area contributed by atoms with Crippen molar-refractivity contribution in [1.29, 1.82) is 0 Å². The first kappa shape index (κ1) is 11.5. The molecule has 0 aromatic carbocycles. The van der Waals surface area contributed by atoms with Crippen LogP contribution in [0.15, 0.2) is 0 Å². The average molecular weight is 240 g/mol. The molecule has 0 saturated carbocycles. The van der Waals surface area contributed by atoms with Crippen LogP contribution in [-0.4, -0.2) is 28.4 Å². The van der Waals surface area contributed by atoms with Gasteiger partial charge in [0.25, 0.3) is 0 Å². The van der Waals surface area contributed by atoms with Crippen LogP contribution in [0.3, 0.4) is 0 Å². The summed E-state index contributed by atoms with van der Waals surface area (Å²) in [5, 5.41) is 6.70. The zero-order chi connectivity index (χ0) is 11.6. The van der Waals surface area contributed by atoms with Gasteiger partial charge in [0.15, 0.2) is 0 Å². The van der Waals surface area contributed by atoms with E-state index in [4.69, 9.17) is 0 Å². The van der Waals surface area contributed by atoms with E-state index in [1.165, 1.54) is 11.5 Å². The molecular formula is C10H16N4OS. The third-order valence-electron chi connectivity index (χ3n) is 3.15. The monoisotopic (exact) mass is 240 g/mol. The molecule has 1 atom stereocenters. The SMILES string of the molecule is CCC1(C(=O)Nc2nc(C)ns2)CCNC1. The smallest absolute Gasteiger partial charge is 0.233 e. The summed E-state index contributed by atoms with van der Waals surface area (Å²) < 4.78 is 4.05. The quantitative estimate of drug-likeness (QED) is 0.832. The van der Waals surface area contributed by atoms with Crippen molar-refractivity contribution in [3.8, 4) is 0 Å². The molecule has 1 saturated heterocycles. The number of nitrogens with zero attached hydrogens (tertiary/aromatic N) is 2. The third kappa shape index (κ3) is 2.08. The predicted octanol–water partition coefficient (Wildman–Crippen LogP) is 1.17. The molecule has 16 heavy (non-hydrogen) atoms. The van der Waals surface area contributed by atoms with Crippen LogP contribution in [0, 0.1) is 12.3 Å². The van der Waals surface area contributed by atoms with E-state index in [2.05, 4.69) is 26.9 Å². The van der Waals surface area contributed by atoms with Crippen LogP contribution in [0.1, 0.15) is 25.6 Å². The lowest BCUT2D eigenvalue weighted by molar-refractivity contribution is -0.124. The molecule has 1 aliphatic rings. The maximum Gasteiger partial charge on any atom is 0.233 e. The highest BCUT2D eigenvalue weighted by Crippen LogP contribution is 2.31. The van der Waals surface area contributed by atoms with E-state index in [0.717, 1.165) is 25.9 Å². The normalized spacial score (nSPS) is 24.6. The minimum Gasteiger partial charge on any atom is -0.316 e. The number of carbonyl (C=O) groups excluding carboxylic acids is 1. The molecule has 2 rings (SSSR count). The summed E-state index contributed by atoms with van der Waals surface area (Å²) in [7, 11) is 0. The van der Waals surface area contributed by atoms with Crippen molar-refractivity contribution >= 4 is 22.6 Å². The van der Waals surface area contributed by atoms with Gasteiger partial charge in [-0.15, -0.1) is 0 Å². The first-order chi connectivity index (χ1) is 7.66. The van der Waals surface area contributed by atoms with Gasteiger partial charge in [-0.05, 0) is 26.3 Å². The second-order valence-corrected chi connectivity index (χ2v) is 4.91. The third-order valence-corrected chi connectivity index (χ3v) is 3.87. The van der Waals surface area contributed by atoms with Gasteiger partial charge in [0.05, 0.1) is 5.41 Å². The molecule has 6 heteroatoms. The molecule has 2 N–H and O–H groups in total. The average Bonchev–Trinajstić information content (AvgIpc) is 2.88. The lowest BCUT2D eigenvalue weighted by Gasteiger charge is -2.24. The van der Waals surface area contributed by atoms with E-state index in [9.17, 15) is 4.79 Å². The van der Waals surface area contributed by atoms with Gasteiger partial charge in [-0.25, -0.2) is 4.98 Å². The molecule has 1 aliphatic heterocycles. The van der Waals surface area contributed by atoms with Gasteiger partial charge in [0, 0.05) is 18.1 Å². The molecule has 1 fully saturated rings. The Hall–Kier alpha value is -1.01. The van der Waals surface area contributed by atoms with E-state index in [-0.39, 0.29) is 11.3 Å².